The summed E-state index contributed by atoms with van der Waals surface area (Å²) in [5, 5.41) is 0. The van der Waals surface area contributed by atoms with Crippen LogP contribution in [0.1, 0.15) is 11.1 Å². The van der Waals surface area contributed by atoms with E-state index in [0.29, 0.717) is 6.42 Å². The van der Waals surface area contributed by atoms with E-state index >= 15 is 0 Å². The summed E-state index contributed by atoms with van der Waals surface area (Å²) in [5.41, 5.74) is 4.80. The molecule has 0 saturated carbocycles. The topological polar surface area (TPSA) is 59.1 Å². The van der Waals surface area contributed by atoms with Crippen LogP contribution in [0.3, 0.4) is 0 Å². The summed E-state index contributed by atoms with van der Waals surface area (Å²) in [6, 6.07) is 35.5. The lowest BCUT2D eigenvalue weighted by Gasteiger charge is -2.25. The molecule has 2 amide bonds. The molecule has 6 nitrogen and oxygen atoms in total. The predicted molar refractivity (Wildman–Crippen MR) is 144 cm³/mol. The lowest BCUT2D eigenvalue weighted by Crippen LogP contribution is -2.30. The lowest BCUT2D eigenvalue weighted by molar-refractivity contribution is -0.123. The van der Waals surface area contributed by atoms with Gasteiger partial charge in [0.25, 0.3) is 5.91 Å². The molecule has 5 rings (SSSR count). The first-order valence-corrected chi connectivity index (χ1v) is 12.0. The molecule has 4 aromatic rings. The number of carbonyl (C=O) groups is 2. The summed E-state index contributed by atoms with van der Waals surface area (Å²) >= 11 is 0. The highest BCUT2D eigenvalue weighted by Gasteiger charge is 2.36. The number of hydrogen-bond acceptors (Lipinski definition) is 5. The van der Waals surface area contributed by atoms with E-state index < -0.39 is 12.0 Å². The van der Waals surface area contributed by atoms with Gasteiger partial charge in [-0.3, -0.25) is 4.79 Å². The second-order valence-corrected chi connectivity index (χ2v) is 8.53. The number of benzene rings is 4. The number of ether oxygens (including phenoxy) is 2. The van der Waals surface area contributed by atoms with E-state index in [4.69, 9.17) is 9.47 Å². The zero-order chi connectivity index (χ0) is 25.6. The maximum absolute atomic E-state index is 12.9. The molecule has 0 spiro atoms. The van der Waals surface area contributed by atoms with E-state index in [1.165, 1.54) is 0 Å². The third-order valence-electron chi connectivity index (χ3n) is 6.13. The van der Waals surface area contributed by atoms with Gasteiger partial charge in [-0.05, 0) is 72.2 Å². The van der Waals surface area contributed by atoms with Crippen LogP contribution in [0, 0.1) is 0 Å². The molecule has 1 aliphatic rings. The fourth-order valence-corrected chi connectivity index (χ4v) is 4.20. The van der Waals surface area contributed by atoms with E-state index in [-0.39, 0.29) is 12.3 Å². The number of rotatable bonds is 8. The molecule has 0 bridgehead atoms. The molecule has 1 fully saturated rings. The van der Waals surface area contributed by atoms with Crippen molar-refractivity contribution in [1.82, 2.24) is 4.90 Å². The monoisotopic (exact) mass is 490 g/mol. The Morgan fingerprint density at radius 2 is 1.32 bits per heavy atom. The Labute approximate surface area is 216 Å². The summed E-state index contributed by atoms with van der Waals surface area (Å²) in [6.07, 6.45) is 1.48. The largest absolute Gasteiger partial charge is 0.497 e. The number of nitrogens with zero attached hydrogens (tertiary/aromatic N) is 2. The standard InChI is InChI=1S/C31H26N2O4/c1-36-28-18-14-23(15-19-28)20-21-32-30(34)29(37-31(32)35)22-24-12-16-27(17-13-24)33(25-8-4-2-5-9-25)26-10-6-3-7-11-26/h2-19,22H,20-21H2,1H3/b29-22+. The van der Waals surface area contributed by atoms with E-state index in [2.05, 4.69) is 29.2 Å². The Hall–Kier alpha value is -4.84. The summed E-state index contributed by atoms with van der Waals surface area (Å²) in [4.78, 5) is 28.5. The van der Waals surface area contributed by atoms with Crippen molar-refractivity contribution in [3.8, 4) is 5.75 Å². The molecule has 184 valence electrons. The molecule has 0 unspecified atom stereocenters. The van der Waals surface area contributed by atoms with Crippen LogP contribution in [0.5, 0.6) is 5.75 Å². The molecule has 6 heteroatoms. The van der Waals surface area contributed by atoms with Crippen molar-refractivity contribution in [2.45, 2.75) is 6.42 Å². The predicted octanol–water partition coefficient (Wildman–Crippen LogP) is 6.73. The van der Waals surface area contributed by atoms with Crippen LogP contribution in [-0.2, 0) is 16.0 Å². The fraction of sp³-hybridized carbons (Fsp3) is 0.0968. The van der Waals surface area contributed by atoms with Gasteiger partial charge in [0.05, 0.1) is 7.11 Å². The van der Waals surface area contributed by atoms with Crippen molar-refractivity contribution < 1.29 is 19.1 Å². The van der Waals surface area contributed by atoms with Crippen LogP contribution in [0.15, 0.2) is 115 Å². The molecule has 0 radical (unpaired) electrons. The van der Waals surface area contributed by atoms with E-state index in [1.807, 2.05) is 84.9 Å². The summed E-state index contributed by atoms with van der Waals surface area (Å²) in [6.45, 7) is 0.239. The van der Waals surface area contributed by atoms with Crippen LogP contribution < -0.4 is 9.64 Å². The lowest BCUT2D eigenvalue weighted by atomic mass is 10.1. The van der Waals surface area contributed by atoms with Crippen LogP contribution in [-0.4, -0.2) is 30.6 Å². The van der Waals surface area contributed by atoms with Gasteiger partial charge >= 0.3 is 6.09 Å². The minimum Gasteiger partial charge on any atom is -0.497 e. The van der Waals surface area contributed by atoms with Gasteiger partial charge in [0.1, 0.15) is 5.75 Å². The SMILES string of the molecule is COc1ccc(CCN2C(=O)O/C(=C/c3ccc(N(c4ccccc4)c4ccccc4)cc3)C2=O)cc1. The normalized spacial score (nSPS) is 14.1. The van der Waals surface area contributed by atoms with Crippen molar-refractivity contribution in [2.75, 3.05) is 18.6 Å². The summed E-state index contributed by atoms with van der Waals surface area (Å²) in [5.74, 6) is 0.348. The number of hydrogen-bond donors (Lipinski definition) is 0. The Morgan fingerprint density at radius 3 is 1.89 bits per heavy atom. The summed E-state index contributed by atoms with van der Waals surface area (Å²) < 4.78 is 10.5. The first-order valence-electron chi connectivity index (χ1n) is 12.0. The Bertz CT molecular complexity index is 1360. The van der Waals surface area contributed by atoms with E-state index in [0.717, 1.165) is 38.8 Å². The van der Waals surface area contributed by atoms with Gasteiger partial charge in [-0.1, -0.05) is 60.7 Å². The van der Waals surface area contributed by atoms with Crippen LogP contribution in [0.2, 0.25) is 0 Å². The Morgan fingerprint density at radius 1 is 0.757 bits per heavy atom. The van der Waals surface area contributed by atoms with Gasteiger partial charge < -0.3 is 14.4 Å². The molecule has 0 aliphatic carbocycles. The number of para-hydroxylation sites is 2. The minimum atomic E-state index is -0.652. The quantitative estimate of drug-likeness (QED) is 0.256. The highest BCUT2D eigenvalue weighted by Crippen LogP contribution is 2.34. The van der Waals surface area contributed by atoms with Gasteiger partial charge in [-0.2, -0.15) is 0 Å². The third-order valence-corrected chi connectivity index (χ3v) is 6.13. The Balaban J connectivity index is 1.32. The second kappa shape index (κ2) is 10.8. The first-order chi connectivity index (χ1) is 18.1. The number of methoxy groups -OCH3 is 1. The maximum atomic E-state index is 12.9. The van der Waals surface area contributed by atoms with Gasteiger partial charge in [0.2, 0.25) is 0 Å². The molecule has 1 aliphatic heterocycles. The summed E-state index contributed by atoms with van der Waals surface area (Å²) in [7, 11) is 1.61. The Kier molecular flexibility index (Phi) is 6.99. The van der Waals surface area contributed by atoms with Crippen molar-refractivity contribution in [1.29, 1.82) is 0 Å². The minimum absolute atomic E-state index is 0.0236. The number of cyclic esters (lactones) is 1. The van der Waals surface area contributed by atoms with E-state index in [9.17, 15) is 9.59 Å². The highest BCUT2D eigenvalue weighted by molar-refractivity contribution is 6.09. The van der Waals surface area contributed by atoms with Crippen molar-refractivity contribution in [3.63, 3.8) is 0 Å². The van der Waals surface area contributed by atoms with Crippen LogP contribution in [0.4, 0.5) is 21.9 Å². The zero-order valence-electron chi connectivity index (χ0n) is 20.4. The molecule has 1 saturated heterocycles. The maximum Gasteiger partial charge on any atom is 0.422 e. The molecular weight excluding hydrogens is 464 g/mol. The van der Waals surface area contributed by atoms with Crippen LogP contribution in [0.25, 0.3) is 6.08 Å². The molecule has 1 heterocycles. The van der Waals surface area contributed by atoms with Crippen LogP contribution >= 0.6 is 0 Å². The molecule has 0 N–H and O–H groups in total. The number of anilines is 3. The van der Waals surface area contributed by atoms with Gasteiger partial charge in [0, 0.05) is 23.6 Å². The van der Waals surface area contributed by atoms with Crippen molar-refractivity contribution >= 4 is 35.1 Å². The third kappa shape index (κ3) is 5.38. The number of amides is 2. The first kappa shape index (κ1) is 23.9. The zero-order valence-corrected chi connectivity index (χ0v) is 20.4. The molecule has 0 atom stereocenters. The smallest absolute Gasteiger partial charge is 0.422 e. The molecule has 4 aromatic carbocycles. The van der Waals surface area contributed by atoms with E-state index in [1.54, 1.807) is 13.2 Å². The van der Waals surface area contributed by atoms with Gasteiger partial charge in [-0.15, -0.1) is 0 Å². The average Bonchev–Trinajstić information content (AvgIpc) is 3.21. The van der Waals surface area contributed by atoms with Gasteiger partial charge in [-0.25, -0.2) is 9.69 Å². The van der Waals surface area contributed by atoms with Crippen molar-refractivity contribution in [3.05, 3.63) is 126 Å². The number of carbonyl (C=O) groups excluding carboxylic acids is 2. The molecular formula is C31H26N2O4. The van der Waals surface area contributed by atoms with Gasteiger partial charge in [0.15, 0.2) is 5.76 Å². The molecule has 0 aromatic heterocycles. The van der Waals surface area contributed by atoms with Crippen molar-refractivity contribution in [2.24, 2.45) is 0 Å². The second-order valence-electron chi connectivity index (χ2n) is 8.53. The highest BCUT2D eigenvalue weighted by atomic mass is 16.6. The fourth-order valence-electron chi connectivity index (χ4n) is 4.20. The average molecular weight is 491 g/mol. The molecule has 37 heavy (non-hydrogen) atoms. The number of imide groups is 1.